The van der Waals surface area contributed by atoms with Crippen molar-refractivity contribution in [3.8, 4) is 0 Å². The van der Waals surface area contributed by atoms with Gasteiger partial charge in [0.2, 0.25) is 5.91 Å². The van der Waals surface area contributed by atoms with Crippen LogP contribution < -0.4 is 5.73 Å². The molecule has 5 heteroatoms. The number of sulfone groups is 1. The standard InChI is InChI=1S/C13H25NO3S/c1-2-3-4-5-6-7-8-9-11-18(16,17)12-10-13(14)15/h10,12H,2-9,11H2,1H3,(H2,14,15)/b12-10+. The van der Waals surface area contributed by atoms with E-state index >= 15 is 0 Å². The number of carbonyl (C=O) groups is 1. The second kappa shape index (κ2) is 10.1. The number of nitrogens with two attached hydrogens (primary N) is 1. The van der Waals surface area contributed by atoms with E-state index in [1.807, 2.05) is 0 Å². The third-order valence-corrected chi connectivity index (χ3v) is 4.13. The van der Waals surface area contributed by atoms with Crippen LogP contribution in [0, 0.1) is 0 Å². The highest BCUT2D eigenvalue weighted by molar-refractivity contribution is 7.94. The molecule has 18 heavy (non-hydrogen) atoms. The Kier molecular flexibility index (Phi) is 9.64. The molecule has 2 N–H and O–H groups in total. The fraction of sp³-hybridized carbons (Fsp3) is 0.769. The molecule has 0 rings (SSSR count). The van der Waals surface area contributed by atoms with E-state index in [0.717, 1.165) is 24.3 Å². The molecule has 0 radical (unpaired) electrons. The first-order valence-corrected chi connectivity index (χ1v) is 8.40. The molecule has 0 spiro atoms. The van der Waals surface area contributed by atoms with E-state index in [2.05, 4.69) is 6.92 Å². The zero-order valence-electron chi connectivity index (χ0n) is 11.2. The average molecular weight is 275 g/mol. The molecule has 0 aliphatic carbocycles. The summed E-state index contributed by atoms with van der Waals surface area (Å²) in [4.78, 5) is 10.4. The summed E-state index contributed by atoms with van der Waals surface area (Å²) in [5.74, 6) is -0.624. The Bertz CT molecular complexity index is 347. The van der Waals surface area contributed by atoms with Gasteiger partial charge in [-0.2, -0.15) is 0 Å². The molecule has 0 aromatic rings. The molecule has 0 unspecified atom stereocenters. The molecule has 0 bridgehead atoms. The Morgan fingerprint density at radius 2 is 1.50 bits per heavy atom. The molecule has 0 atom stereocenters. The van der Waals surface area contributed by atoms with Gasteiger partial charge in [-0.05, 0) is 6.42 Å². The molecule has 0 aliphatic heterocycles. The molecule has 0 aliphatic rings. The number of carbonyl (C=O) groups excluding carboxylic acids is 1. The lowest BCUT2D eigenvalue weighted by Gasteiger charge is -2.01. The molecule has 4 nitrogen and oxygen atoms in total. The van der Waals surface area contributed by atoms with Crippen molar-refractivity contribution >= 4 is 15.7 Å². The number of hydrogen-bond acceptors (Lipinski definition) is 3. The van der Waals surface area contributed by atoms with Gasteiger partial charge in [0.1, 0.15) is 0 Å². The average Bonchev–Trinajstić information content (AvgIpc) is 2.30. The molecular weight excluding hydrogens is 250 g/mol. The van der Waals surface area contributed by atoms with Gasteiger partial charge in [-0.1, -0.05) is 51.9 Å². The van der Waals surface area contributed by atoms with Crippen molar-refractivity contribution in [1.29, 1.82) is 0 Å². The summed E-state index contributed by atoms with van der Waals surface area (Å²) in [6.45, 7) is 2.18. The van der Waals surface area contributed by atoms with Crippen molar-refractivity contribution in [2.24, 2.45) is 5.73 Å². The molecule has 1 amide bonds. The van der Waals surface area contributed by atoms with Crippen molar-refractivity contribution in [2.45, 2.75) is 58.3 Å². The van der Waals surface area contributed by atoms with Crippen LogP contribution in [0.25, 0.3) is 0 Å². The van der Waals surface area contributed by atoms with Crippen LogP contribution >= 0.6 is 0 Å². The first-order chi connectivity index (χ1) is 8.48. The summed E-state index contributed by atoms with van der Waals surface area (Å²) in [5.41, 5.74) is 4.84. The van der Waals surface area contributed by atoms with Crippen LogP contribution in [0.4, 0.5) is 0 Å². The number of hydrogen-bond donors (Lipinski definition) is 1. The molecule has 0 saturated carbocycles. The van der Waals surface area contributed by atoms with E-state index in [-0.39, 0.29) is 5.75 Å². The zero-order valence-corrected chi connectivity index (χ0v) is 12.0. The Labute approximate surface area is 111 Å². The fourth-order valence-electron chi connectivity index (χ4n) is 1.68. The number of unbranched alkanes of at least 4 members (excludes halogenated alkanes) is 7. The van der Waals surface area contributed by atoms with Gasteiger partial charge in [0.25, 0.3) is 0 Å². The van der Waals surface area contributed by atoms with Crippen LogP contribution in [-0.4, -0.2) is 20.1 Å². The third-order valence-electron chi connectivity index (χ3n) is 2.72. The van der Waals surface area contributed by atoms with Gasteiger partial charge in [0, 0.05) is 11.5 Å². The topological polar surface area (TPSA) is 77.2 Å². The van der Waals surface area contributed by atoms with Crippen LogP contribution in [0.2, 0.25) is 0 Å². The summed E-state index contributed by atoms with van der Waals surface area (Å²) >= 11 is 0. The van der Waals surface area contributed by atoms with Crippen molar-refractivity contribution in [3.63, 3.8) is 0 Å². The van der Waals surface area contributed by atoms with Gasteiger partial charge < -0.3 is 5.73 Å². The van der Waals surface area contributed by atoms with E-state index < -0.39 is 15.7 Å². The highest BCUT2D eigenvalue weighted by Crippen LogP contribution is 2.09. The Morgan fingerprint density at radius 3 is 2.00 bits per heavy atom. The molecule has 0 heterocycles. The van der Waals surface area contributed by atoms with Crippen LogP contribution in [-0.2, 0) is 14.6 Å². The van der Waals surface area contributed by atoms with E-state index in [9.17, 15) is 13.2 Å². The second-order valence-corrected chi connectivity index (χ2v) is 6.55. The molecule has 0 aromatic carbocycles. The molecule has 0 aromatic heterocycles. The monoisotopic (exact) mass is 275 g/mol. The smallest absolute Gasteiger partial charge is 0.242 e. The van der Waals surface area contributed by atoms with Crippen LogP contribution in [0.3, 0.4) is 0 Å². The zero-order chi connectivity index (χ0) is 13.9. The SMILES string of the molecule is CCCCCCCCCCS(=O)(=O)/C=C/C(N)=O. The second-order valence-electron chi connectivity index (χ2n) is 4.55. The predicted molar refractivity (Wildman–Crippen MR) is 74.7 cm³/mol. The van der Waals surface area contributed by atoms with Gasteiger partial charge in [-0.15, -0.1) is 0 Å². The highest BCUT2D eigenvalue weighted by Gasteiger charge is 2.05. The summed E-state index contributed by atoms with van der Waals surface area (Å²) in [7, 11) is -3.26. The number of primary amides is 1. The summed E-state index contributed by atoms with van der Waals surface area (Å²) in [6.07, 6.45) is 9.78. The Morgan fingerprint density at radius 1 is 1.00 bits per heavy atom. The Balaban J connectivity index is 3.56. The maximum absolute atomic E-state index is 11.4. The van der Waals surface area contributed by atoms with E-state index in [4.69, 9.17) is 5.73 Å². The summed E-state index contributed by atoms with van der Waals surface area (Å²) in [6, 6.07) is 0. The summed E-state index contributed by atoms with van der Waals surface area (Å²) < 4.78 is 22.8. The van der Waals surface area contributed by atoms with E-state index in [0.29, 0.717) is 6.42 Å². The fourth-order valence-corrected chi connectivity index (χ4v) is 2.76. The van der Waals surface area contributed by atoms with E-state index in [1.54, 1.807) is 0 Å². The predicted octanol–water partition coefficient (Wildman–Crippen LogP) is 2.54. The van der Waals surface area contributed by atoms with E-state index in [1.165, 1.54) is 32.1 Å². The lowest BCUT2D eigenvalue weighted by Crippen LogP contribution is -2.08. The minimum atomic E-state index is -3.26. The largest absolute Gasteiger partial charge is 0.366 e. The van der Waals surface area contributed by atoms with Gasteiger partial charge >= 0.3 is 0 Å². The minimum Gasteiger partial charge on any atom is -0.366 e. The molecule has 106 valence electrons. The van der Waals surface area contributed by atoms with Crippen LogP contribution in [0.5, 0.6) is 0 Å². The van der Waals surface area contributed by atoms with Crippen LogP contribution in [0.15, 0.2) is 11.5 Å². The van der Waals surface area contributed by atoms with Crippen LogP contribution in [0.1, 0.15) is 58.3 Å². The lowest BCUT2D eigenvalue weighted by atomic mass is 10.1. The minimum absolute atomic E-state index is 0.103. The number of rotatable bonds is 11. The molecule has 0 fully saturated rings. The maximum Gasteiger partial charge on any atom is 0.242 e. The maximum atomic E-state index is 11.4. The van der Waals surface area contributed by atoms with Gasteiger partial charge in [-0.3, -0.25) is 4.79 Å². The highest BCUT2D eigenvalue weighted by atomic mass is 32.2. The van der Waals surface area contributed by atoms with Gasteiger partial charge in [0.05, 0.1) is 5.75 Å². The first-order valence-electron chi connectivity index (χ1n) is 6.68. The third kappa shape index (κ3) is 11.6. The van der Waals surface area contributed by atoms with Crippen molar-refractivity contribution in [3.05, 3.63) is 11.5 Å². The first kappa shape index (κ1) is 17.2. The van der Waals surface area contributed by atoms with Gasteiger partial charge in [0.15, 0.2) is 9.84 Å². The van der Waals surface area contributed by atoms with Crippen molar-refractivity contribution in [1.82, 2.24) is 0 Å². The summed E-state index contributed by atoms with van der Waals surface area (Å²) in [5, 5.41) is 0.913. The van der Waals surface area contributed by atoms with Crippen molar-refractivity contribution in [2.75, 3.05) is 5.75 Å². The lowest BCUT2D eigenvalue weighted by molar-refractivity contribution is -0.113. The molecular formula is C13H25NO3S. The normalized spacial score (nSPS) is 12.1. The van der Waals surface area contributed by atoms with Gasteiger partial charge in [-0.25, -0.2) is 8.42 Å². The number of amides is 1. The molecule has 0 saturated heterocycles. The quantitative estimate of drug-likeness (QED) is 0.465. The van der Waals surface area contributed by atoms with Crippen molar-refractivity contribution < 1.29 is 13.2 Å². The Hall–Kier alpha value is -0.840.